The summed E-state index contributed by atoms with van der Waals surface area (Å²) in [5.41, 5.74) is 0.573. The Bertz CT molecular complexity index is 170. The van der Waals surface area contributed by atoms with E-state index in [9.17, 15) is 0 Å². The highest BCUT2D eigenvalue weighted by atomic mass is 15.0. The van der Waals surface area contributed by atoms with Gasteiger partial charge in [-0.2, -0.15) is 0 Å². The predicted octanol–water partition coefficient (Wildman–Crippen LogP) is 2.56. The molecule has 0 aromatic rings. The van der Waals surface area contributed by atoms with Crippen molar-refractivity contribution in [2.24, 2.45) is 11.3 Å². The van der Waals surface area contributed by atoms with Crippen LogP contribution in [-0.4, -0.2) is 12.1 Å². The molecule has 2 aliphatic rings. The minimum Gasteiger partial charge on any atom is -0.311 e. The standard InChI is InChI=1S/C11H21N/c1-8(9-4-5-9)12-10-6-7-11(10,2)3/h8-10,12H,4-7H2,1-3H3. The highest BCUT2D eigenvalue weighted by Gasteiger charge is 2.40. The quantitative estimate of drug-likeness (QED) is 0.681. The fraction of sp³-hybridized carbons (Fsp3) is 1.00. The van der Waals surface area contributed by atoms with Crippen molar-refractivity contribution < 1.29 is 0 Å². The molecule has 2 saturated carbocycles. The Morgan fingerprint density at radius 3 is 2.25 bits per heavy atom. The van der Waals surface area contributed by atoms with Crippen molar-refractivity contribution in [1.29, 1.82) is 0 Å². The summed E-state index contributed by atoms with van der Waals surface area (Å²) in [5, 5.41) is 3.77. The van der Waals surface area contributed by atoms with Gasteiger partial charge in [-0.25, -0.2) is 0 Å². The van der Waals surface area contributed by atoms with Gasteiger partial charge in [0.05, 0.1) is 0 Å². The van der Waals surface area contributed by atoms with Crippen LogP contribution in [0.5, 0.6) is 0 Å². The van der Waals surface area contributed by atoms with Gasteiger partial charge in [-0.3, -0.25) is 0 Å². The van der Waals surface area contributed by atoms with Gasteiger partial charge >= 0.3 is 0 Å². The summed E-state index contributed by atoms with van der Waals surface area (Å²) in [6.45, 7) is 7.12. The van der Waals surface area contributed by atoms with Gasteiger partial charge in [-0.1, -0.05) is 13.8 Å². The molecule has 0 amide bonds. The number of rotatable bonds is 3. The molecule has 2 rings (SSSR count). The second-order valence-corrected chi connectivity index (χ2v) is 5.37. The molecule has 0 aromatic carbocycles. The van der Waals surface area contributed by atoms with Gasteiger partial charge in [-0.15, -0.1) is 0 Å². The monoisotopic (exact) mass is 167 g/mol. The second-order valence-electron chi connectivity index (χ2n) is 5.37. The van der Waals surface area contributed by atoms with Crippen molar-refractivity contribution in [1.82, 2.24) is 5.32 Å². The summed E-state index contributed by atoms with van der Waals surface area (Å²) in [7, 11) is 0. The Balaban J connectivity index is 1.78. The van der Waals surface area contributed by atoms with E-state index >= 15 is 0 Å². The molecule has 2 fully saturated rings. The Morgan fingerprint density at radius 1 is 1.25 bits per heavy atom. The van der Waals surface area contributed by atoms with Gasteiger partial charge in [-0.05, 0) is 43.9 Å². The first-order valence-electron chi connectivity index (χ1n) is 5.36. The summed E-state index contributed by atoms with van der Waals surface area (Å²) >= 11 is 0. The Labute approximate surface area is 75.9 Å². The van der Waals surface area contributed by atoms with Gasteiger partial charge in [0.2, 0.25) is 0 Å². The van der Waals surface area contributed by atoms with E-state index in [1.807, 2.05) is 0 Å². The molecule has 2 aliphatic carbocycles. The molecule has 0 aliphatic heterocycles. The first-order valence-corrected chi connectivity index (χ1v) is 5.36. The van der Waals surface area contributed by atoms with Crippen LogP contribution in [0.1, 0.15) is 46.5 Å². The number of nitrogens with one attached hydrogen (secondary N) is 1. The van der Waals surface area contributed by atoms with Crippen LogP contribution in [0.3, 0.4) is 0 Å². The van der Waals surface area contributed by atoms with E-state index in [0.717, 1.165) is 18.0 Å². The third-order valence-corrected chi connectivity index (χ3v) is 3.81. The van der Waals surface area contributed by atoms with Crippen LogP contribution < -0.4 is 5.32 Å². The van der Waals surface area contributed by atoms with E-state index in [4.69, 9.17) is 0 Å². The Hall–Kier alpha value is -0.0400. The molecule has 2 atom stereocenters. The van der Waals surface area contributed by atoms with Crippen LogP contribution in [0.25, 0.3) is 0 Å². The molecule has 1 heteroatoms. The minimum absolute atomic E-state index is 0.573. The molecule has 1 N–H and O–H groups in total. The van der Waals surface area contributed by atoms with Crippen molar-refractivity contribution in [2.45, 2.75) is 58.5 Å². The van der Waals surface area contributed by atoms with E-state index in [1.54, 1.807) is 0 Å². The van der Waals surface area contributed by atoms with Crippen LogP contribution in [0.4, 0.5) is 0 Å². The molecule has 2 unspecified atom stereocenters. The lowest BCUT2D eigenvalue weighted by Crippen LogP contribution is -2.53. The molecule has 12 heavy (non-hydrogen) atoms. The lowest BCUT2D eigenvalue weighted by Gasteiger charge is -2.46. The largest absolute Gasteiger partial charge is 0.311 e. The average molecular weight is 167 g/mol. The average Bonchev–Trinajstić information content (AvgIpc) is 2.80. The number of hydrogen-bond acceptors (Lipinski definition) is 1. The predicted molar refractivity (Wildman–Crippen MR) is 52.1 cm³/mol. The lowest BCUT2D eigenvalue weighted by molar-refractivity contribution is 0.0970. The fourth-order valence-electron chi connectivity index (χ4n) is 2.22. The van der Waals surface area contributed by atoms with Crippen LogP contribution in [-0.2, 0) is 0 Å². The maximum atomic E-state index is 3.77. The van der Waals surface area contributed by atoms with Crippen molar-refractivity contribution in [2.75, 3.05) is 0 Å². The molecule has 0 heterocycles. The van der Waals surface area contributed by atoms with Gasteiger partial charge in [0.1, 0.15) is 0 Å². The van der Waals surface area contributed by atoms with Gasteiger partial charge in [0, 0.05) is 12.1 Å². The van der Waals surface area contributed by atoms with Crippen molar-refractivity contribution in [3.05, 3.63) is 0 Å². The number of hydrogen-bond donors (Lipinski definition) is 1. The summed E-state index contributed by atoms with van der Waals surface area (Å²) < 4.78 is 0. The van der Waals surface area contributed by atoms with Gasteiger partial charge < -0.3 is 5.32 Å². The normalized spacial score (nSPS) is 35.8. The van der Waals surface area contributed by atoms with Gasteiger partial charge in [0.15, 0.2) is 0 Å². The lowest BCUT2D eigenvalue weighted by atomic mass is 9.67. The molecule has 0 radical (unpaired) electrons. The van der Waals surface area contributed by atoms with E-state index in [1.165, 1.54) is 25.7 Å². The van der Waals surface area contributed by atoms with Crippen molar-refractivity contribution in [3.63, 3.8) is 0 Å². The zero-order valence-electron chi connectivity index (χ0n) is 8.56. The first-order chi connectivity index (χ1) is 5.59. The molecule has 0 aromatic heterocycles. The van der Waals surface area contributed by atoms with Gasteiger partial charge in [0.25, 0.3) is 0 Å². The molecule has 0 spiro atoms. The molecular weight excluding hydrogens is 146 g/mol. The van der Waals surface area contributed by atoms with Crippen LogP contribution in [0.2, 0.25) is 0 Å². The Morgan fingerprint density at radius 2 is 1.92 bits per heavy atom. The highest BCUT2D eigenvalue weighted by molar-refractivity contribution is 4.97. The highest BCUT2D eigenvalue weighted by Crippen LogP contribution is 2.41. The third kappa shape index (κ3) is 1.52. The van der Waals surface area contributed by atoms with E-state index in [-0.39, 0.29) is 0 Å². The topological polar surface area (TPSA) is 12.0 Å². The zero-order chi connectivity index (χ0) is 8.77. The molecule has 0 bridgehead atoms. The molecule has 1 nitrogen and oxygen atoms in total. The summed E-state index contributed by atoms with van der Waals surface area (Å²) in [6, 6.07) is 1.57. The maximum Gasteiger partial charge on any atom is 0.0121 e. The molecule has 70 valence electrons. The summed E-state index contributed by atoms with van der Waals surface area (Å²) in [4.78, 5) is 0. The molecule has 0 saturated heterocycles. The van der Waals surface area contributed by atoms with E-state index in [0.29, 0.717) is 5.41 Å². The maximum absolute atomic E-state index is 3.77. The Kier molecular flexibility index (Phi) is 1.95. The van der Waals surface area contributed by atoms with E-state index < -0.39 is 0 Å². The molecular formula is C11H21N. The van der Waals surface area contributed by atoms with E-state index in [2.05, 4.69) is 26.1 Å². The van der Waals surface area contributed by atoms with Crippen LogP contribution in [0.15, 0.2) is 0 Å². The van der Waals surface area contributed by atoms with Crippen molar-refractivity contribution >= 4 is 0 Å². The van der Waals surface area contributed by atoms with Crippen molar-refractivity contribution in [3.8, 4) is 0 Å². The van der Waals surface area contributed by atoms with Crippen LogP contribution in [0, 0.1) is 11.3 Å². The smallest absolute Gasteiger partial charge is 0.0121 e. The zero-order valence-corrected chi connectivity index (χ0v) is 8.56. The SMILES string of the molecule is CC(NC1CCC1(C)C)C1CC1. The first kappa shape index (κ1) is 8.55. The third-order valence-electron chi connectivity index (χ3n) is 3.81. The second kappa shape index (κ2) is 2.73. The minimum atomic E-state index is 0.573. The summed E-state index contributed by atoms with van der Waals surface area (Å²) in [5.74, 6) is 1.00. The fourth-order valence-corrected chi connectivity index (χ4v) is 2.22. The van der Waals surface area contributed by atoms with Crippen LogP contribution >= 0.6 is 0 Å². The summed E-state index contributed by atoms with van der Waals surface area (Å²) in [6.07, 6.45) is 5.72.